The van der Waals surface area contributed by atoms with Crippen LogP contribution in [0.2, 0.25) is 0 Å². The van der Waals surface area contributed by atoms with Gasteiger partial charge in [-0.15, -0.1) is 0 Å². The summed E-state index contributed by atoms with van der Waals surface area (Å²) >= 11 is 0. The molecule has 0 aromatic carbocycles. The Balaban J connectivity index is 1.92. The van der Waals surface area contributed by atoms with Crippen molar-refractivity contribution < 1.29 is 19.4 Å². The zero-order valence-corrected chi connectivity index (χ0v) is 16.6. The number of aliphatic hydroxyl groups is 1. The van der Waals surface area contributed by atoms with E-state index >= 15 is 0 Å². The lowest BCUT2D eigenvalue weighted by Gasteiger charge is -2.31. The second kappa shape index (κ2) is 9.58. The number of hydrogen-bond acceptors (Lipinski definition) is 4. The molecule has 2 saturated carbocycles. The third kappa shape index (κ3) is 6.78. The predicted octanol–water partition coefficient (Wildman–Crippen LogP) is 3.13. The van der Waals surface area contributed by atoms with Crippen molar-refractivity contribution in [1.29, 1.82) is 0 Å². The molecule has 0 saturated heterocycles. The molecule has 0 radical (unpaired) electrons. The van der Waals surface area contributed by atoms with E-state index in [9.17, 15) is 14.7 Å². The van der Waals surface area contributed by atoms with E-state index in [0.29, 0.717) is 5.92 Å². The van der Waals surface area contributed by atoms with Gasteiger partial charge in [-0.05, 0) is 65.2 Å². The summed E-state index contributed by atoms with van der Waals surface area (Å²) in [5, 5.41) is 15.4. The van der Waals surface area contributed by atoms with Gasteiger partial charge in [0, 0.05) is 18.7 Å². The van der Waals surface area contributed by atoms with E-state index < -0.39 is 11.7 Å². The smallest absolute Gasteiger partial charge is 0.407 e. The zero-order valence-electron chi connectivity index (χ0n) is 16.6. The molecule has 0 aromatic rings. The number of ether oxygens (including phenoxy) is 1. The summed E-state index contributed by atoms with van der Waals surface area (Å²) < 4.78 is 5.38. The van der Waals surface area contributed by atoms with Gasteiger partial charge in [0.15, 0.2) is 0 Å². The molecule has 0 heterocycles. The number of aliphatic hydroxyl groups excluding tert-OH is 1. The summed E-state index contributed by atoms with van der Waals surface area (Å²) in [6.07, 6.45) is 8.09. The lowest BCUT2D eigenvalue weighted by molar-refractivity contribution is -0.127. The highest BCUT2D eigenvalue weighted by atomic mass is 16.6. The fourth-order valence-electron chi connectivity index (χ4n) is 4.05. The summed E-state index contributed by atoms with van der Waals surface area (Å²) in [5.41, 5.74) is -0.544. The van der Waals surface area contributed by atoms with Crippen LogP contribution in [0.15, 0.2) is 0 Å². The van der Waals surface area contributed by atoms with E-state index in [4.69, 9.17) is 4.74 Å². The third-order valence-electron chi connectivity index (χ3n) is 5.51. The van der Waals surface area contributed by atoms with Crippen LogP contribution < -0.4 is 10.6 Å². The molecule has 6 heteroatoms. The monoisotopic (exact) mass is 368 g/mol. The molecule has 0 aliphatic heterocycles. The third-order valence-corrected chi connectivity index (χ3v) is 5.51. The van der Waals surface area contributed by atoms with Gasteiger partial charge < -0.3 is 20.5 Å². The molecule has 0 bridgehead atoms. The SMILES string of the molecule is CC(C)(C)OC(=O)N[C@H]1CCCCC[C@H]1C(=O)NC1CCC(CO)CC1. The maximum absolute atomic E-state index is 12.9. The van der Waals surface area contributed by atoms with Crippen molar-refractivity contribution in [3.8, 4) is 0 Å². The molecular formula is C20H36N2O4. The highest BCUT2D eigenvalue weighted by Gasteiger charge is 2.33. The van der Waals surface area contributed by atoms with Gasteiger partial charge in [0.1, 0.15) is 5.60 Å². The number of alkyl carbamates (subject to hydrolysis) is 1. The predicted molar refractivity (Wildman–Crippen MR) is 101 cm³/mol. The molecule has 2 rings (SSSR count). The van der Waals surface area contributed by atoms with E-state index in [0.717, 1.165) is 57.8 Å². The normalized spacial score (nSPS) is 30.2. The average Bonchev–Trinajstić information content (AvgIpc) is 2.79. The van der Waals surface area contributed by atoms with Crippen LogP contribution in [0.3, 0.4) is 0 Å². The van der Waals surface area contributed by atoms with Gasteiger partial charge in [0.25, 0.3) is 0 Å². The fourth-order valence-corrected chi connectivity index (χ4v) is 4.05. The first-order valence-corrected chi connectivity index (χ1v) is 10.2. The van der Waals surface area contributed by atoms with Gasteiger partial charge in [-0.25, -0.2) is 4.79 Å². The zero-order chi connectivity index (χ0) is 19.2. The lowest BCUT2D eigenvalue weighted by Crippen LogP contribution is -2.50. The summed E-state index contributed by atoms with van der Waals surface area (Å²) in [4.78, 5) is 25.1. The highest BCUT2D eigenvalue weighted by Crippen LogP contribution is 2.27. The summed E-state index contributed by atoms with van der Waals surface area (Å²) in [7, 11) is 0. The van der Waals surface area contributed by atoms with Crippen molar-refractivity contribution in [2.24, 2.45) is 11.8 Å². The minimum absolute atomic E-state index is 0.0559. The van der Waals surface area contributed by atoms with Crippen LogP contribution in [0.4, 0.5) is 4.79 Å². The first kappa shape index (κ1) is 21.0. The molecule has 0 spiro atoms. The molecule has 2 atom stereocenters. The van der Waals surface area contributed by atoms with Crippen LogP contribution in [0.5, 0.6) is 0 Å². The second-order valence-electron chi connectivity index (χ2n) is 8.91. The topological polar surface area (TPSA) is 87.7 Å². The number of hydrogen-bond donors (Lipinski definition) is 3. The first-order valence-electron chi connectivity index (χ1n) is 10.2. The minimum Gasteiger partial charge on any atom is -0.444 e. The van der Waals surface area contributed by atoms with E-state index in [1.54, 1.807) is 0 Å². The van der Waals surface area contributed by atoms with Crippen LogP contribution in [0, 0.1) is 11.8 Å². The summed E-state index contributed by atoms with van der Waals surface area (Å²) in [6, 6.07) is 0.0249. The van der Waals surface area contributed by atoms with E-state index in [-0.39, 0.29) is 30.5 Å². The van der Waals surface area contributed by atoms with Crippen LogP contribution in [0.1, 0.15) is 78.6 Å². The van der Waals surface area contributed by atoms with Crippen molar-refractivity contribution in [1.82, 2.24) is 10.6 Å². The molecule has 2 amide bonds. The van der Waals surface area contributed by atoms with E-state index in [1.807, 2.05) is 20.8 Å². The van der Waals surface area contributed by atoms with Gasteiger partial charge in [-0.1, -0.05) is 19.3 Å². The standard InChI is InChI=1S/C20H36N2O4/c1-20(2,3)26-19(25)22-17-8-6-4-5-7-16(17)18(24)21-15-11-9-14(13-23)10-12-15/h14-17,23H,4-13H2,1-3H3,(H,21,24)(H,22,25)/t14?,15?,16-,17+/m1/s1. The molecular weight excluding hydrogens is 332 g/mol. The Hall–Kier alpha value is -1.30. The minimum atomic E-state index is -0.544. The Morgan fingerprint density at radius 2 is 1.62 bits per heavy atom. The van der Waals surface area contributed by atoms with E-state index in [2.05, 4.69) is 10.6 Å². The summed E-state index contributed by atoms with van der Waals surface area (Å²) in [6.45, 7) is 5.76. The molecule has 6 nitrogen and oxygen atoms in total. The summed E-state index contributed by atoms with van der Waals surface area (Å²) in [5.74, 6) is 0.239. The van der Waals surface area contributed by atoms with Crippen LogP contribution in [-0.2, 0) is 9.53 Å². The molecule has 150 valence electrons. The molecule has 26 heavy (non-hydrogen) atoms. The maximum Gasteiger partial charge on any atom is 0.407 e. The fraction of sp³-hybridized carbons (Fsp3) is 0.900. The Morgan fingerprint density at radius 3 is 2.23 bits per heavy atom. The van der Waals surface area contributed by atoms with Crippen LogP contribution in [0.25, 0.3) is 0 Å². The molecule has 2 aliphatic carbocycles. The van der Waals surface area contributed by atoms with Gasteiger partial charge in [-0.2, -0.15) is 0 Å². The van der Waals surface area contributed by atoms with Crippen LogP contribution >= 0.6 is 0 Å². The quantitative estimate of drug-likeness (QED) is 0.665. The molecule has 3 N–H and O–H groups in total. The van der Waals surface area contributed by atoms with Gasteiger partial charge in [0.05, 0.1) is 5.92 Å². The van der Waals surface area contributed by atoms with Crippen molar-refractivity contribution in [2.75, 3.05) is 6.61 Å². The maximum atomic E-state index is 12.9. The molecule has 2 fully saturated rings. The molecule has 0 unspecified atom stereocenters. The number of carbonyl (C=O) groups is 2. The van der Waals surface area contributed by atoms with Crippen molar-refractivity contribution in [3.63, 3.8) is 0 Å². The highest BCUT2D eigenvalue weighted by molar-refractivity contribution is 5.80. The largest absolute Gasteiger partial charge is 0.444 e. The van der Waals surface area contributed by atoms with Gasteiger partial charge in [-0.3, -0.25) is 4.79 Å². The number of carbonyl (C=O) groups excluding carboxylic acids is 2. The average molecular weight is 369 g/mol. The van der Waals surface area contributed by atoms with Crippen molar-refractivity contribution in [3.05, 3.63) is 0 Å². The molecule has 0 aromatic heterocycles. The lowest BCUT2D eigenvalue weighted by atomic mass is 9.86. The van der Waals surface area contributed by atoms with Gasteiger partial charge >= 0.3 is 6.09 Å². The Morgan fingerprint density at radius 1 is 0.962 bits per heavy atom. The Bertz CT molecular complexity index is 467. The Kier molecular flexibility index (Phi) is 7.74. The Labute approximate surface area is 157 Å². The number of rotatable bonds is 4. The van der Waals surface area contributed by atoms with Crippen molar-refractivity contribution in [2.45, 2.75) is 96.2 Å². The number of amides is 2. The van der Waals surface area contributed by atoms with Crippen LogP contribution in [-0.4, -0.2) is 41.4 Å². The number of nitrogens with one attached hydrogen (secondary N) is 2. The molecule has 2 aliphatic rings. The first-order chi connectivity index (χ1) is 12.3. The van der Waals surface area contributed by atoms with Gasteiger partial charge in [0.2, 0.25) is 5.91 Å². The van der Waals surface area contributed by atoms with E-state index in [1.165, 1.54) is 0 Å². The van der Waals surface area contributed by atoms with Crippen molar-refractivity contribution >= 4 is 12.0 Å². The second-order valence-corrected chi connectivity index (χ2v) is 8.91.